The summed E-state index contributed by atoms with van der Waals surface area (Å²) in [5, 5.41) is 33.0. The molecule has 8 atom stereocenters. The maximum Gasteiger partial charge on any atom is 0.328 e. The van der Waals surface area contributed by atoms with E-state index in [4.69, 9.17) is 25.7 Å². The highest BCUT2D eigenvalue weighted by molar-refractivity contribution is 5.87. The van der Waals surface area contributed by atoms with E-state index >= 15 is 0 Å². The summed E-state index contributed by atoms with van der Waals surface area (Å²) in [6.07, 6.45) is -5.29. The number of carbonyl (C=O) groups excluding carboxylic acids is 4. The smallest absolute Gasteiger partial charge is 0.328 e. The molecule has 1 aliphatic heterocycles. The minimum atomic E-state index is -1.60. The molecule has 1 fully saturated rings. The fraction of sp³-hybridized carbons (Fsp3) is 0.826. The number of primary amides is 1. The Morgan fingerprint density at radius 2 is 1.84 bits per heavy atom. The molecule has 0 aliphatic carbocycles. The lowest BCUT2D eigenvalue weighted by atomic mass is 9.96. The molecule has 1 rings (SSSR count). The van der Waals surface area contributed by atoms with E-state index in [1.54, 1.807) is 6.92 Å². The number of carbonyl (C=O) groups is 4. The highest BCUT2D eigenvalue weighted by Gasteiger charge is 2.46. The molecule has 0 spiro atoms. The molecular formula is C23H42N4O10. The molecule has 14 heteroatoms. The molecule has 1 saturated heterocycles. The van der Waals surface area contributed by atoms with Crippen molar-refractivity contribution < 1.29 is 48.7 Å². The Kier molecular flexibility index (Phi) is 13.9. The molecule has 37 heavy (non-hydrogen) atoms. The topological polar surface area (TPSA) is 224 Å². The van der Waals surface area contributed by atoms with Gasteiger partial charge in [0, 0.05) is 19.9 Å². The van der Waals surface area contributed by atoms with Gasteiger partial charge >= 0.3 is 5.97 Å². The first-order valence-electron chi connectivity index (χ1n) is 12.4. The Morgan fingerprint density at radius 3 is 2.35 bits per heavy atom. The van der Waals surface area contributed by atoms with Crippen LogP contribution >= 0.6 is 0 Å². The van der Waals surface area contributed by atoms with E-state index in [0.29, 0.717) is 6.42 Å². The van der Waals surface area contributed by atoms with Gasteiger partial charge in [0.1, 0.15) is 30.4 Å². The highest BCUT2D eigenvalue weighted by atomic mass is 16.6. The summed E-state index contributed by atoms with van der Waals surface area (Å²) < 4.78 is 16.4. The quantitative estimate of drug-likeness (QED) is 0.0950. The first-order valence-corrected chi connectivity index (χ1v) is 12.4. The summed E-state index contributed by atoms with van der Waals surface area (Å²) in [4.78, 5) is 50.2. The van der Waals surface area contributed by atoms with Crippen molar-refractivity contribution in [2.75, 3.05) is 19.8 Å². The predicted molar refractivity (Wildman–Crippen MR) is 129 cm³/mol. The third kappa shape index (κ3) is 10.1. The number of esters is 1. The van der Waals surface area contributed by atoms with Crippen molar-refractivity contribution in [1.29, 1.82) is 0 Å². The van der Waals surface area contributed by atoms with Crippen LogP contribution < -0.4 is 16.8 Å². The minimum absolute atomic E-state index is 0.106. The number of unbranched alkanes of at least 4 members (excludes halogenated alkanes) is 1. The Hall–Kier alpha value is -2.36. The van der Waals surface area contributed by atoms with E-state index < -0.39 is 79.1 Å². The number of rotatable bonds is 15. The van der Waals surface area contributed by atoms with Crippen molar-refractivity contribution >= 4 is 23.7 Å². The van der Waals surface area contributed by atoms with Crippen LogP contribution in [0.4, 0.5) is 0 Å². The second-order valence-corrected chi connectivity index (χ2v) is 9.20. The summed E-state index contributed by atoms with van der Waals surface area (Å²) in [7, 11) is 0. The Balaban J connectivity index is 3.21. The lowest BCUT2D eigenvalue weighted by molar-refractivity contribution is -0.268. The summed E-state index contributed by atoms with van der Waals surface area (Å²) in [5.41, 5.74) is 11.1. The summed E-state index contributed by atoms with van der Waals surface area (Å²) in [5.74, 6) is -2.54. The van der Waals surface area contributed by atoms with Gasteiger partial charge in [0.2, 0.25) is 17.7 Å². The van der Waals surface area contributed by atoms with Gasteiger partial charge in [-0.1, -0.05) is 13.3 Å². The van der Waals surface area contributed by atoms with Crippen LogP contribution in [0.2, 0.25) is 0 Å². The third-order valence-corrected chi connectivity index (χ3v) is 5.81. The summed E-state index contributed by atoms with van der Waals surface area (Å²) in [6, 6.07) is -3.39. The van der Waals surface area contributed by atoms with E-state index in [1.165, 1.54) is 13.8 Å². The fourth-order valence-electron chi connectivity index (χ4n) is 3.95. The number of aliphatic hydroxyl groups excluding tert-OH is 3. The van der Waals surface area contributed by atoms with Crippen molar-refractivity contribution in [2.45, 2.75) is 102 Å². The van der Waals surface area contributed by atoms with Crippen molar-refractivity contribution in [3.63, 3.8) is 0 Å². The van der Waals surface area contributed by atoms with Crippen molar-refractivity contribution in [1.82, 2.24) is 10.2 Å². The molecule has 1 aliphatic rings. The van der Waals surface area contributed by atoms with E-state index in [-0.39, 0.29) is 26.0 Å². The molecule has 1 heterocycles. The van der Waals surface area contributed by atoms with Crippen LogP contribution in [0, 0.1) is 0 Å². The monoisotopic (exact) mass is 534 g/mol. The van der Waals surface area contributed by atoms with Gasteiger partial charge in [0.25, 0.3) is 0 Å². The molecular weight excluding hydrogens is 492 g/mol. The van der Waals surface area contributed by atoms with E-state index in [9.17, 15) is 34.5 Å². The van der Waals surface area contributed by atoms with Crippen molar-refractivity contribution in [3.8, 4) is 0 Å². The number of hydrogen-bond acceptors (Lipinski definition) is 11. The number of nitrogens with zero attached hydrogens (tertiary/aromatic N) is 1. The standard InChI is InChI=1S/C23H42N4O10/c1-5-6-9-35-22(33)15(7-8-17(25)30)27(21(32)13(3)24)10-12(2)36-20-18(26-14(4)29)23(34)37-16(11-28)19(20)31/h12-13,15-16,18-20,23,28,31,34H,5-11,24H2,1-4H3,(H2,25,30)(H,26,29)/t12?,13-,15-,16+,18+,19+,20+,23-/m0/s1. The zero-order chi connectivity index (χ0) is 28.3. The largest absolute Gasteiger partial charge is 0.464 e. The van der Waals surface area contributed by atoms with Gasteiger partial charge in [-0.3, -0.25) is 14.4 Å². The number of nitrogens with one attached hydrogen (secondary N) is 1. The molecule has 3 amide bonds. The van der Waals surface area contributed by atoms with E-state index in [1.807, 2.05) is 6.92 Å². The second kappa shape index (κ2) is 15.8. The van der Waals surface area contributed by atoms with Gasteiger partial charge in [-0.15, -0.1) is 0 Å². The molecule has 14 nitrogen and oxygen atoms in total. The van der Waals surface area contributed by atoms with Gasteiger partial charge in [0.15, 0.2) is 6.29 Å². The van der Waals surface area contributed by atoms with Gasteiger partial charge in [-0.05, 0) is 26.7 Å². The lowest BCUT2D eigenvalue weighted by Gasteiger charge is -2.44. The normalized spacial score (nSPS) is 26.0. The average Bonchev–Trinajstić information content (AvgIpc) is 2.81. The number of aliphatic hydroxyl groups is 3. The van der Waals surface area contributed by atoms with Gasteiger partial charge in [-0.2, -0.15) is 0 Å². The van der Waals surface area contributed by atoms with Crippen molar-refractivity contribution in [2.24, 2.45) is 11.5 Å². The van der Waals surface area contributed by atoms with Crippen LogP contribution in [-0.4, -0.2) is 113 Å². The second-order valence-electron chi connectivity index (χ2n) is 9.20. The molecule has 0 bridgehead atoms. The lowest BCUT2D eigenvalue weighted by Crippen LogP contribution is -2.65. The van der Waals surface area contributed by atoms with E-state index in [2.05, 4.69) is 5.32 Å². The zero-order valence-electron chi connectivity index (χ0n) is 21.9. The maximum atomic E-state index is 13.0. The van der Waals surface area contributed by atoms with Gasteiger partial charge < -0.3 is 51.2 Å². The van der Waals surface area contributed by atoms with Crippen LogP contribution in [0.1, 0.15) is 53.4 Å². The SMILES string of the molecule is CCCCOC(=O)[C@H](CCC(N)=O)N(CC(C)O[C@H]1[C@H](O)[C@@H](CO)O[C@H](O)[C@@H]1NC(C)=O)C(=O)[C@H](C)N. The fourth-order valence-corrected chi connectivity index (χ4v) is 3.95. The first-order chi connectivity index (χ1) is 17.3. The van der Waals surface area contributed by atoms with Crippen LogP contribution in [-0.2, 0) is 33.4 Å². The van der Waals surface area contributed by atoms with Gasteiger partial charge in [0.05, 0.1) is 25.4 Å². The molecule has 0 radical (unpaired) electrons. The number of ether oxygens (including phenoxy) is 3. The number of amides is 3. The maximum absolute atomic E-state index is 13.0. The van der Waals surface area contributed by atoms with Crippen molar-refractivity contribution in [3.05, 3.63) is 0 Å². The minimum Gasteiger partial charge on any atom is -0.464 e. The van der Waals surface area contributed by atoms with E-state index in [0.717, 1.165) is 11.3 Å². The number of nitrogens with two attached hydrogens (primary N) is 2. The Labute approximate surface area is 216 Å². The molecule has 1 unspecified atom stereocenters. The highest BCUT2D eigenvalue weighted by Crippen LogP contribution is 2.24. The Bertz CT molecular complexity index is 768. The molecule has 0 aromatic carbocycles. The molecule has 0 aromatic heterocycles. The molecule has 8 N–H and O–H groups in total. The van der Waals surface area contributed by atoms with Gasteiger partial charge in [-0.25, -0.2) is 4.79 Å². The summed E-state index contributed by atoms with van der Waals surface area (Å²) in [6.45, 7) is 5.38. The average molecular weight is 535 g/mol. The zero-order valence-corrected chi connectivity index (χ0v) is 21.9. The number of hydrogen-bond donors (Lipinski definition) is 6. The summed E-state index contributed by atoms with van der Waals surface area (Å²) >= 11 is 0. The Morgan fingerprint density at radius 1 is 1.19 bits per heavy atom. The van der Waals surface area contributed by atoms with Crippen LogP contribution in [0.5, 0.6) is 0 Å². The van der Waals surface area contributed by atoms with Crippen LogP contribution in [0.25, 0.3) is 0 Å². The predicted octanol–water partition coefficient (Wildman–Crippen LogP) is -2.51. The molecule has 214 valence electrons. The third-order valence-electron chi connectivity index (χ3n) is 5.81. The first kappa shape index (κ1) is 32.7. The molecule has 0 aromatic rings. The van der Waals surface area contributed by atoms with Crippen LogP contribution in [0.15, 0.2) is 0 Å². The molecule has 0 saturated carbocycles. The van der Waals surface area contributed by atoms with Crippen LogP contribution in [0.3, 0.4) is 0 Å².